The van der Waals surface area contributed by atoms with Crippen LogP contribution in [0.3, 0.4) is 0 Å². The maximum Gasteiger partial charge on any atom is 0.335 e. The van der Waals surface area contributed by atoms with E-state index in [-0.39, 0.29) is 22.3 Å². The minimum atomic E-state index is -1.07. The number of carboxylic acid groups (broad SMARTS) is 1. The number of benzene rings is 2. The third kappa shape index (κ3) is 5.74. The molecule has 0 fully saturated rings. The summed E-state index contributed by atoms with van der Waals surface area (Å²) in [4.78, 5) is 23.3. The Bertz CT molecular complexity index is 991. The maximum absolute atomic E-state index is 12.4. The number of amides is 1. The van der Waals surface area contributed by atoms with E-state index in [9.17, 15) is 14.9 Å². The van der Waals surface area contributed by atoms with Crippen molar-refractivity contribution in [1.82, 2.24) is 0 Å². The van der Waals surface area contributed by atoms with Crippen molar-refractivity contribution in [3.63, 3.8) is 0 Å². The molecule has 0 saturated heterocycles. The predicted molar refractivity (Wildman–Crippen MR) is 109 cm³/mol. The molecule has 0 aliphatic heterocycles. The van der Waals surface area contributed by atoms with Crippen LogP contribution in [0.25, 0.3) is 6.08 Å². The summed E-state index contributed by atoms with van der Waals surface area (Å²) in [5.41, 5.74) is 0.765. The van der Waals surface area contributed by atoms with Gasteiger partial charge in [-0.25, -0.2) is 4.79 Å². The average molecular weight is 415 g/mol. The van der Waals surface area contributed by atoms with Gasteiger partial charge in [0.2, 0.25) is 0 Å². The summed E-state index contributed by atoms with van der Waals surface area (Å²) in [6, 6.07) is 10.6. The summed E-state index contributed by atoms with van der Waals surface area (Å²) in [6.45, 7) is 3.70. The van der Waals surface area contributed by atoms with E-state index in [2.05, 4.69) is 5.32 Å². The highest BCUT2D eigenvalue weighted by Crippen LogP contribution is 2.37. The molecule has 0 bridgehead atoms. The van der Waals surface area contributed by atoms with Crippen LogP contribution in [0.4, 0.5) is 5.69 Å². The number of carboxylic acids is 1. The molecule has 1 amide bonds. The van der Waals surface area contributed by atoms with Crippen LogP contribution in [0, 0.1) is 11.3 Å². The maximum atomic E-state index is 12.4. The van der Waals surface area contributed by atoms with Crippen LogP contribution < -0.4 is 14.8 Å². The number of carbonyl (C=O) groups is 2. The second kappa shape index (κ2) is 9.62. The topological polar surface area (TPSA) is 109 Å². The molecule has 8 heteroatoms. The van der Waals surface area contributed by atoms with E-state index in [1.165, 1.54) is 37.5 Å². The lowest BCUT2D eigenvalue weighted by atomic mass is 10.1. The standard InChI is InChI=1S/C21H19ClN2O5/c1-12(2)29-19-17(22)9-13(10-18(19)28-3)8-15(11-23)20(25)24-16-6-4-14(5-7-16)21(26)27/h4-10,12H,1-3H3,(H,24,25)(H,26,27). The van der Waals surface area contributed by atoms with E-state index in [0.717, 1.165) is 0 Å². The first-order valence-corrected chi connectivity index (χ1v) is 8.93. The third-order valence-corrected chi connectivity index (χ3v) is 3.95. The Morgan fingerprint density at radius 2 is 1.90 bits per heavy atom. The highest BCUT2D eigenvalue weighted by molar-refractivity contribution is 6.32. The smallest absolute Gasteiger partial charge is 0.335 e. The van der Waals surface area contributed by atoms with E-state index in [1.54, 1.807) is 12.1 Å². The SMILES string of the molecule is COc1cc(C=C(C#N)C(=O)Nc2ccc(C(=O)O)cc2)cc(Cl)c1OC(C)C. The lowest BCUT2D eigenvalue weighted by molar-refractivity contribution is -0.112. The van der Waals surface area contributed by atoms with Gasteiger partial charge in [-0.2, -0.15) is 5.26 Å². The number of halogens is 1. The third-order valence-electron chi connectivity index (χ3n) is 3.67. The number of ether oxygens (including phenoxy) is 2. The summed E-state index contributed by atoms with van der Waals surface area (Å²) < 4.78 is 10.9. The van der Waals surface area contributed by atoms with Crippen LogP contribution >= 0.6 is 11.6 Å². The molecule has 0 aliphatic carbocycles. The quantitative estimate of drug-likeness (QED) is 0.514. The molecule has 2 N–H and O–H groups in total. The number of anilines is 1. The molecule has 0 heterocycles. The van der Waals surface area contributed by atoms with Gasteiger partial charge in [-0.3, -0.25) is 4.79 Å². The Labute approximate surface area is 173 Å². The first-order valence-electron chi connectivity index (χ1n) is 8.55. The van der Waals surface area contributed by atoms with Crippen LogP contribution in [0.1, 0.15) is 29.8 Å². The summed E-state index contributed by atoms with van der Waals surface area (Å²) in [5, 5.41) is 21.1. The van der Waals surface area contributed by atoms with Crippen molar-refractivity contribution < 1.29 is 24.2 Å². The molecule has 7 nitrogen and oxygen atoms in total. The molecular weight excluding hydrogens is 396 g/mol. The van der Waals surface area contributed by atoms with E-state index in [1.807, 2.05) is 19.9 Å². The van der Waals surface area contributed by atoms with Gasteiger partial charge >= 0.3 is 5.97 Å². The number of aromatic carboxylic acids is 1. The van der Waals surface area contributed by atoms with Gasteiger partial charge in [-0.05, 0) is 61.9 Å². The Kier molecular flexibility index (Phi) is 7.23. The molecule has 2 rings (SSSR count). The van der Waals surface area contributed by atoms with Gasteiger partial charge in [0, 0.05) is 5.69 Å². The monoisotopic (exact) mass is 414 g/mol. The second-order valence-corrected chi connectivity index (χ2v) is 6.61. The van der Waals surface area contributed by atoms with E-state index in [4.69, 9.17) is 26.2 Å². The number of nitrogens with one attached hydrogen (secondary N) is 1. The van der Waals surface area contributed by atoms with Crippen LogP contribution in [0.2, 0.25) is 5.02 Å². The molecule has 29 heavy (non-hydrogen) atoms. The fourth-order valence-electron chi connectivity index (χ4n) is 2.38. The van der Waals surface area contributed by atoms with Crippen molar-refractivity contribution in [3.8, 4) is 17.6 Å². The van der Waals surface area contributed by atoms with Gasteiger partial charge in [0.05, 0.1) is 23.8 Å². The fourth-order valence-corrected chi connectivity index (χ4v) is 2.65. The number of methoxy groups -OCH3 is 1. The van der Waals surface area contributed by atoms with Crippen LogP contribution in [0.15, 0.2) is 42.0 Å². The van der Waals surface area contributed by atoms with Crippen molar-refractivity contribution in [2.45, 2.75) is 20.0 Å². The molecule has 2 aromatic rings. The van der Waals surface area contributed by atoms with E-state index in [0.29, 0.717) is 22.7 Å². The number of hydrogen-bond acceptors (Lipinski definition) is 5. The summed E-state index contributed by atoms with van der Waals surface area (Å²) in [5.74, 6) is -0.966. The average Bonchev–Trinajstić information content (AvgIpc) is 2.67. The highest BCUT2D eigenvalue weighted by atomic mass is 35.5. The molecule has 150 valence electrons. The van der Waals surface area contributed by atoms with E-state index >= 15 is 0 Å². The van der Waals surface area contributed by atoms with Crippen molar-refractivity contribution in [2.75, 3.05) is 12.4 Å². The Morgan fingerprint density at radius 1 is 1.24 bits per heavy atom. The second-order valence-electron chi connectivity index (χ2n) is 6.21. The first kappa shape index (κ1) is 21.8. The lowest BCUT2D eigenvalue weighted by Gasteiger charge is -2.15. The molecule has 0 aromatic heterocycles. The Morgan fingerprint density at radius 3 is 2.41 bits per heavy atom. The molecule has 0 radical (unpaired) electrons. The molecule has 0 saturated carbocycles. The fraction of sp³-hybridized carbons (Fsp3) is 0.190. The van der Waals surface area contributed by atoms with Crippen LogP contribution in [0.5, 0.6) is 11.5 Å². The predicted octanol–water partition coefficient (Wildman–Crippen LogP) is 4.38. The highest BCUT2D eigenvalue weighted by Gasteiger charge is 2.15. The van der Waals surface area contributed by atoms with Gasteiger partial charge < -0.3 is 19.9 Å². The summed E-state index contributed by atoms with van der Waals surface area (Å²) in [6.07, 6.45) is 1.25. The molecule has 0 unspecified atom stereocenters. The lowest BCUT2D eigenvalue weighted by Crippen LogP contribution is -2.13. The zero-order valence-corrected chi connectivity index (χ0v) is 16.8. The first-order chi connectivity index (χ1) is 13.7. The largest absolute Gasteiger partial charge is 0.493 e. The number of rotatable bonds is 7. The number of nitriles is 1. The van der Waals surface area contributed by atoms with Crippen LogP contribution in [-0.2, 0) is 4.79 Å². The molecule has 0 atom stereocenters. The number of nitrogens with zero attached hydrogens (tertiary/aromatic N) is 1. The zero-order chi connectivity index (χ0) is 21.6. The normalized spacial score (nSPS) is 11.0. The van der Waals surface area contributed by atoms with Gasteiger partial charge in [-0.15, -0.1) is 0 Å². The Balaban J connectivity index is 2.28. The van der Waals surface area contributed by atoms with Crippen molar-refractivity contribution >= 4 is 35.2 Å². The van der Waals surface area contributed by atoms with Gasteiger partial charge in [0.1, 0.15) is 11.6 Å². The van der Waals surface area contributed by atoms with Gasteiger partial charge in [0.15, 0.2) is 11.5 Å². The zero-order valence-electron chi connectivity index (χ0n) is 16.0. The minimum Gasteiger partial charge on any atom is -0.493 e. The van der Waals surface area contributed by atoms with E-state index < -0.39 is 11.9 Å². The van der Waals surface area contributed by atoms with Crippen molar-refractivity contribution in [3.05, 3.63) is 58.1 Å². The summed E-state index contributed by atoms with van der Waals surface area (Å²) in [7, 11) is 1.46. The Hall–Kier alpha value is -3.50. The number of carbonyl (C=O) groups excluding carboxylic acids is 1. The van der Waals surface area contributed by atoms with Crippen molar-refractivity contribution in [2.24, 2.45) is 0 Å². The van der Waals surface area contributed by atoms with Crippen LogP contribution in [-0.4, -0.2) is 30.2 Å². The molecular formula is C21H19ClN2O5. The number of hydrogen-bond donors (Lipinski definition) is 2. The molecule has 0 aliphatic rings. The van der Waals surface area contributed by atoms with Gasteiger partial charge in [-0.1, -0.05) is 11.6 Å². The van der Waals surface area contributed by atoms with Crippen molar-refractivity contribution in [1.29, 1.82) is 5.26 Å². The van der Waals surface area contributed by atoms with Gasteiger partial charge in [0.25, 0.3) is 5.91 Å². The summed E-state index contributed by atoms with van der Waals surface area (Å²) >= 11 is 6.27. The molecule has 0 spiro atoms. The molecule has 2 aromatic carbocycles. The minimum absolute atomic E-state index is 0.0875.